The van der Waals surface area contributed by atoms with Gasteiger partial charge in [0.1, 0.15) is 11.5 Å². The van der Waals surface area contributed by atoms with Gasteiger partial charge in [-0.05, 0) is 18.6 Å². The first-order valence-corrected chi connectivity index (χ1v) is 9.82. The number of ether oxygens (including phenoxy) is 1. The van der Waals surface area contributed by atoms with Crippen LogP contribution in [0.2, 0.25) is 0 Å². The molecule has 2 aliphatic rings. The van der Waals surface area contributed by atoms with Crippen molar-refractivity contribution in [1.82, 2.24) is 9.80 Å². The molecule has 2 saturated heterocycles. The zero-order valence-corrected chi connectivity index (χ0v) is 14.5. The second kappa shape index (κ2) is 6.60. The summed E-state index contributed by atoms with van der Waals surface area (Å²) in [5.74, 6) is 0.672. The first-order chi connectivity index (χ1) is 11.4. The molecule has 8 heteroatoms. The molecule has 0 bridgehead atoms. The smallest absolute Gasteiger partial charge is 0.257 e. The summed E-state index contributed by atoms with van der Waals surface area (Å²) in [6.45, 7) is 2.37. The minimum Gasteiger partial charge on any atom is -0.507 e. The van der Waals surface area contributed by atoms with E-state index in [4.69, 9.17) is 4.74 Å². The highest BCUT2D eigenvalue weighted by Gasteiger charge is 2.34. The number of benzene rings is 1. The molecule has 1 atom stereocenters. The van der Waals surface area contributed by atoms with E-state index in [2.05, 4.69) is 4.90 Å². The molecule has 1 N–H and O–H groups in total. The number of phenolic OH excluding ortho intramolecular Hbond substituents is 1. The molecule has 2 aliphatic heterocycles. The Kier molecular flexibility index (Phi) is 4.69. The Bertz CT molecular complexity index is 726. The fraction of sp³-hybridized carbons (Fsp3) is 0.562. The molecule has 1 amide bonds. The number of carbonyl (C=O) groups excluding carboxylic acids is 1. The van der Waals surface area contributed by atoms with Crippen LogP contribution >= 0.6 is 0 Å². The summed E-state index contributed by atoms with van der Waals surface area (Å²) >= 11 is 0. The average Bonchev–Trinajstić information content (AvgIpc) is 2.94. The van der Waals surface area contributed by atoms with Gasteiger partial charge >= 0.3 is 0 Å². The number of amides is 1. The van der Waals surface area contributed by atoms with E-state index >= 15 is 0 Å². The zero-order chi connectivity index (χ0) is 17.3. The Hall–Kier alpha value is -1.80. The van der Waals surface area contributed by atoms with E-state index in [1.54, 1.807) is 17.0 Å². The fourth-order valence-electron chi connectivity index (χ4n) is 3.34. The van der Waals surface area contributed by atoms with Crippen molar-refractivity contribution in [2.45, 2.75) is 12.5 Å². The normalized spacial score (nSPS) is 24.0. The first-order valence-electron chi connectivity index (χ1n) is 8.00. The molecule has 1 aromatic rings. The quantitative estimate of drug-likeness (QED) is 0.843. The van der Waals surface area contributed by atoms with Gasteiger partial charge in [-0.1, -0.05) is 0 Å². The first kappa shape index (κ1) is 17.0. The lowest BCUT2D eigenvalue weighted by Gasteiger charge is -2.37. The maximum atomic E-state index is 12.6. The Labute approximate surface area is 141 Å². The lowest BCUT2D eigenvalue weighted by atomic mass is 10.1. The molecule has 1 unspecified atom stereocenters. The lowest BCUT2D eigenvalue weighted by Crippen LogP contribution is -2.52. The molecule has 0 aromatic heterocycles. The van der Waals surface area contributed by atoms with E-state index in [-0.39, 0.29) is 34.8 Å². The Balaban J connectivity index is 1.61. The fourth-order valence-corrected chi connectivity index (χ4v) is 5.10. The molecule has 0 aliphatic carbocycles. The highest BCUT2D eigenvalue weighted by atomic mass is 32.2. The third kappa shape index (κ3) is 3.49. The second-order valence-electron chi connectivity index (χ2n) is 6.27. The Morgan fingerprint density at radius 2 is 1.96 bits per heavy atom. The largest absolute Gasteiger partial charge is 0.507 e. The molecule has 132 valence electrons. The minimum absolute atomic E-state index is 0.0710. The highest BCUT2D eigenvalue weighted by molar-refractivity contribution is 7.91. The van der Waals surface area contributed by atoms with Crippen molar-refractivity contribution in [1.29, 1.82) is 0 Å². The monoisotopic (exact) mass is 354 g/mol. The maximum Gasteiger partial charge on any atom is 0.257 e. The van der Waals surface area contributed by atoms with Crippen LogP contribution in [0.1, 0.15) is 16.8 Å². The van der Waals surface area contributed by atoms with Crippen LogP contribution in [0.4, 0.5) is 0 Å². The summed E-state index contributed by atoms with van der Waals surface area (Å²) in [5, 5.41) is 10.0. The van der Waals surface area contributed by atoms with Gasteiger partial charge in [0.15, 0.2) is 9.84 Å². The summed E-state index contributed by atoms with van der Waals surface area (Å²) in [7, 11) is -1.40. The zero-order valence-electron chi connectivity index (χ0n) is 13.6. The summed E-state index contributed by atoms with van der Waals surface area (Å²) in [4.78, 5) is 16.4. The van der Waals surface area contributed by atoms with Crippen molar-refractivity contribution in [3.8, 4) is 11.5 Å². The van der Waals surface area contributed by atoms with Gasteiger partial charge < -0.3 is 14.7 Å². The Morgan fingerprint density at radius 1 is 1.25 bits per heavy atom. The molecular weight excluding hydrogens is 332 g/mol. The number of nitrogens with zero attached hydrogens (tertiary/aromatic N) is 2. The van der Waals surface area contributed by atoms with Gasteiger partial charge in [-0.25, -0.2) is 8.42 Å². The summed E-state index contributed by atoms with van der Waals surface area (Å²) < 4.78 is 28.2. The third-order valence-electron chi connectivity index (χ3n) is 4.76. The van der Waals surface area contributed by atoms with Crippen molar-refractivity contribution in [2.75, 3.05) is 44.8 Å². The number of carbonyl (C=O) groups is 1. The predicted molar refractivity (Wildman–Crippen MR) is 89.2 cm³/mol. The van der Waals surface area contributed by atoms with E-state index < -0.39 is 9.84 Å². The van der Waals surface area contributed by atoms with Crippen LogP contribution in [-0.2, 0) is 9.84 Å². The average molecular weight is 354 g/mol. The molecule has 0 saturated carbocycles. The van der Waals surface area contributed by atoms with Gasteiger partial charge in [-0.2, -0.15) is 0 Å². The standard InChI is InChI=1S/C16H22N2O5S/c1-23-13-2-3-14(15(19)10-13)16(20)18-7-5-17(6-8-18)12-4-9-24(21,22)11-12/h2-3,10,12,19H,4-9,11H2,1H3. The predicted octanol–water partition coefficient (Wildman–Crippen LogP) is 0.346. The van der Waals surface area contributed by atoms with Gasteiger partial charge in [0.2, 0.25) is 0 Å². The molecule has 0 radical (unpaired) electrons. The van der Waals surface area contributed by atoms with Crippen LogP contribution in [0.3, 0.4) is 0 Å². The number of piperazine rings is 1. The van der Waals surface area contributed by atoms with Gasteiger partial charge in [0, 0.05) is 38.3 Å². The minimum atomic E-state index is -2.90. The number of phenols is 1. The van der Waals surface area contributed by atoms with Crippen molar-refractivity contribution >= 4 is 15.7 Å². The van der Waals surface area contributed by atoms with Gasteiger partial charge in [-0.15, -0.1) is 0 Å². The molecule has 24 heavy (non-hydrogen) atoms. The molecule has 3 rings (SSSR count). The molecule has 2 fully saturated rings. The Morgan fingerprint density at radius 3 is 2.50 bits per heavy atom. The molecule has 1 aromatic carbocycles. The molecular formula is C16H22N2O5S. The van der Waals surface area contributed by atoms with Crippen LogP contribution in [0.25, 0.3) is 0 Å². The van der Waals surface area contributed by atoms with Crippen molar-refractivity contribution in [2.24, 2.45) is 0 Å². The molecule has 7 nitrogen and oxygen atoms in total. The van der Waals surface area contributed by atoms with E-state index in [9.17, 15) is 18.3 Å². The van der Waals surface area contributed by atoms with E-state index in [1.807, 2.05) is 0 Å². The van der Waals surface area contributed by atoms with E-state index in [1.165, 1.54) is 13.2 Å². The second-order valence-corrected chi connectivity index (χ2v) is 8.50. The number of aromatic hydroxyl groups is 1. The van der Waals surface area contributed by atoms with Crippen molar-refractivity contribution in [3.63, 3.8) is 0 Å². The third-order valence-corrected chi connectivity index (χ3v) is 6.51. The van der Waals surface area contributed by atoms with Crippen LogP contribution in [0, 0.1) is 0 Å². The van der Waals surface area contributed by atoms with Crippen molar-refractivity contribution < 1.29 is 23.1 Å². The van der Waals surface area contributed by atoms with Gasteiger partial charge in [0.25, 0.3) is 5.91 Å². The highest BCUT2D eigenvalue weighted by Crippen LogP contribution is 2.25. The number of hydrogen-bond donors (Lipinski definition) is 1. The van der Waals surface area contributed by atoms with Crippen LogP contribution in [0.15, 0.2) is 18.2 Å². The van der Waals surface area contributed by atoms with Gasteiger partial charge in [-0.3, -0.25) is 9.69 Å². The molecule has 0 spiro atoms. The number of sulfone groups is 1. The number of hydrogen-bond acceptors (Lipinski definition) is 6. The van der Waals surface area contributed by atoms with Crippen LogP contribution < -0.4 is 4.74 Å². The van der Waals surface area contributed by atoms with Crippen LogP contribution in [0.5, 0.6) is 11.5 Å². The molecule has 2 heterocycles. The SMILES string of the molecule is COc1ccc(C(=O)N2CCN(C3CCS(=O)(=O)C3)CC2)c(O)c1. The number of rotatable bonds is 3. The topological polar surface area (TPSA) is 87.2 Å². The van der Waals surface area contributed by atoms with E-state index in [0.29, 0.717) is 38.3 Å². The number of methoxy groups -OCH3 is 1. The maximum absolute atomic E-state index is 12.6. The van der Waals surface area contributed by atoms with Gasteiger partial charge in [0.05, 0.1) is 24.2 Å². The lowest BCUT2D eigenvalue weighted by molar-refractivity contribution is 0.0585. The summed E-state index contributed by atoms with van der Waals surface area (Å²) in [6.07, 6.45) is 0.676. The van der Waals surface area contributed by atoms with Crippen LogP contribution in [-0.4, -0.2) is 80.1 Å². The summed E-state index contributed by atoms with van der Waals surface area (Å²) in [6, 6.07) is 4.70. The summed E-state index contributed by atoms with van der Waals surface area (Å²) in [5.41, 5.74) is 0.257. The van der Waals surface area contributed by atoms with Crippen molar-refractivity contribution in [3.05, 3.63) is 23.8 Å². The van der Waals surface area contributed by atoms with E-state index in [0.717, 1.165) is 0 Å².